The van der Waals surface area contributed by atoms with Crippen molar-refractivity contribution in [1.82, 2.24) is 0 Å². The van der Waals surface area contributed by atoms with Crippen LogP contribution in [0.1, 0.15) is 30.4 Å². The van der Waals surface area contributed by atoms with Crippen LogP contribution in [0.5, 0.6) is 0 Å². The van der Waals surface area contributed by atoms with Crippen molar-refractivity contribution in [1.29, 1.82) is 0 Å². The first-order chi connectivity index (χ1) is 6.53. The second-order valence-electron chi connectivity index (χ2n) is 4.12. The number of hydrogen-bond donors (Lipinski definition) is 1. The summed E-state index contributed by atoms with van der Waals surface area (Å²) in [7, 11) is 0. The van der Waals surface area contributed by atoms with Gasteiger partial charge in [-0.05, 0) is 53.7 Å². The van der Waals surface area contributed by atoms with Crippen LogP contribution >= 0.6 is 15.9 Å². The predicted octanol–water partition coefficient (Wildman–Crippen LogP) is 3.23. The van der Waals surface area contributed by atoms with Crippen LogP contribution in [0, 0.1) is 12.7 Å². The molecule has 0 saturated heterocycles. The Labute approximate surface area is 91.6 Å². The third-order valence-electron chi connectivity index (χ3n) is 2.95. The van der Waals surface area contributed by atoms with E-state index < -0.39 is 5.54 Å². The topological polar surface area (TPSA) is 26.0 Å². The Morgan fingerprint density at radius 2 is 2.07 bits per heavy atom. The predicted molar refractivity (Wildman–Crippen MR) is 58.6 cm³/mol. The lowest BCUT2D eigenvalue weighted by Crippen LogP contribution is -2.44. The van der Waals surface area contributed by atoms with E-state index in [4.69, 9.17) is 5.73 Å². The van der Waals surface area contributed by atoms with Gasteiger partial charge in [-0.2, -0.15) is 0 Å². The van der Waals surface area contributed by atoms with Crippen LogP contribution in [0.25, 0.3) is 0 Å². The van der Waals surface area contributed by atoms with Crippen LogP contribution in [0.3, 0.4) is 0 Å². The summed E-state index contributed by atoms with van der Waals surface area (Å²) in [5.74, 6) is -0.196. The summed E-state index contributed by atoms with van der Waals surface area (Å²) in [6.07, 6.45) is 2.88. The fourth-order valence-corrected chi connectivity index (χ4v) is 2.49. The minimum atomic E-state index is -0.418. The van der Waals surface area contributed by atoms with Gasteiger partial charge in [-0.1, -0.05) is 6.07 Å². The molecule has 1 aromatic rings. The first-order valence-corrected chi connectivity index (χ1v) is 5.57. The molecule has 14 heavy (non-hydrogen) atoms. The van der Waals surface area contributed by atoms with Crippen molar-refractivity contribution in [2.45, 2.75) is 31.7 Å². The van der Waals surface area contributed by atoms with Gasteiger partial charge >= 0.3 is 0 Å². The standard InChI is InChI=1S/C11H13BrFN/c1-7-5-8(10(13)9(12)6-7)11(14)3-2-4-11/h5-6H,2-4,14H2,1H3. The van der Waals surface area contributed by atoms with Crippen molar-refractivity contribution in [2.24, 2.45) is 5.73 Å². The number of aryl methyl sites for hydroxylation is 1. The molecule has 0 bridgehead atoms. The van der Waals surface area contributed by atoms with E-state index in [2.05, 4.69) is 15.9 Å². The Kier molecular flexibility index (Phi) is 2.40. The Morgan fingerprint density at radius 3 is 2.57 bits per heavy atom. The number of nitrogens with two attached hydrogens (primary N) is 1. The van der Waals surface area contributed by atoms with Gasteiger partial charge in [0.15, 0.2) is 0 Å². The maximum atomic E-state index is 13.8. The average molecular weight is 258 g/mol. The molecule has 0 amide bonds. The van der Waals surface area contributed by atoms with Crippen molar-refractivity contribution >= 4 is 15.9 Å². The van der Waals surface area contributed by atoms with Gasteiger partial charge in [0.1, 0.15) is 5.82 Å². The van der Waals surface area contributed by atoms with E-state index in [1.165, 1.54) is 0 Å². The molecule has 1 aliphatic carbocycles. The molecule has 0 spiro atoms. The number of rotatable bonds is 1. The monoisotopic (exact) mass is 257 g/mol. The third-order valence-corrected chi connectivity index (χ3v) is 3.53. The molecule has 0 aromatic heterocycles. The average Bonchev–Trinajstić information content (AvgIpc) is 2.07. The highest BCUT2D eigenvalue weighted by atomic mass is 79.9. The van der Waals surface area contributed by atoms with Crippen LogP contribution in [0.2, 0.25) is 0 Å². The number of hydrogen-bond acceptors (Lipinski definition) is 1. The van der Waals surface area contributed by atoms with E-state index in [9.17, 15) is 4.39 Å². The Balaban J connectivity index is 2.51. The van der Waals surface area contributed by atoms with Gasteiger partial charge in [0, 0.05) is 11.1 Å². The van der Waals surface area contributed by atoms with E-state index in [1.807, 2.05) is 13.0 Å². The number of halogens is 2. The van der Waals surface area contributed by atoms with E-state index in [1.54, 1.807) is 6.07 Å². The normalized spacial score (nSPS) is 19.1. The molecule has 1 fully saturated rings. The molecule has 0 radical (unpaired) electrons. The Bertz CT molecular complexity index is 372. The molecule has 1 saturated carbocycles. The lowest BCUT2D eigenvalue weighted by atomic mass is 9.72. The van der Waals surface area contributed by atoms with Gasteiger partial charge in [-0.15, -0.1) is 0 Å². The third kappa shape index (κ3) is 1.48. The van der Waals surface area contributed by atoms with Crippen LogP contribution < -0.4 is 5.73 Å². The first-order valence-electron chi connectivity index (χ1n) is 4.78. The molecule has 1 aliphatic rings. The van der Waals surface area contributed by atoms with Gasteiger partial charge < -0.3 is 5.73 Å². The largest absolute Gasteiger partial charge is 0.321 e. The molecule has 0 unspecified atom stereocenters. The summed E-state index contributed by atoms with van der Waals surface area (Å²) in [5.41, 5.74) is 7.39. The molecule has 0 aliphatic heterocycles. The Hall–Kier alpha value is -0.410. The quantitative estimate of drug-likeness (QED) is 0.822. The minimum absolute atomic E-state index is 0.196. The maximum Gasteiger partial charge on any atom is 0.142 e. The van der Waals surface area contributed by atoms with Crippen molar-refractivity contribution in [2.75, 3.05) is 0 Å². The van der Waals surface area contributed by atoms with Gasteiger partial charge in [0.25, 0.3) is 0 Å². The fraction of sp³-hybridized carbons (Fsp3) is 0.455. The highest BCUT2D eigenvalue weighted by Gasteiger charge is 2.37. The van der Waals surface area contributed by atoms with Crippen molar-refractivity contribution in [3.8, 4) is 0 Å². The van der Waals surface area contributed by atoms with Crippen LogP contribution in [0.4, 0.5) is 4.39 Å². The van der Waals surface area contributed by atoms with E-state index >= 15 is 0 Å². The molecule has 2 rings (SSSR count). The lowest BCUT2D eigenvalue weighted by molar-refractivity contribution is 0.244. The van der Waals surface area contributed by atoms with Crippen molar-refractivity contribution < 1.29 is 4.39 Å². The zero-order valence-corrected chi connectivity index (χ0v) is 9.70. The molecular weight excluding hydrogens is 245 g/mol. The lowest BCUT2D eigenvalue weighted by Gasteiger charge is -2.39. The second-order valence-corrected chi connectivity index (χ2v) is 4.97. The maximum absolute atomic E-state index is 13.8. The molecule has 1 nitrogen and oxygen atoms in total. The highest BCUT2D eigenvalue weighted by Crippen LogP contribution is 2.41. The van der Waals surface area contributed by atoms with Gasteiger partial charge in [-0.25, -0.2) is 4.39 Å². The minimum Gasteiger partial charge on any atom is -0.321 e. The molecule has 0 heterocycles. The first kappa shape index (κ1) is 10.1. The van der Waals surface area contributed by atoms with Crippen molar-refractivity contribution in [3.63, 3.8) is 0 Å². The summed E-state index contributed by atoms with van der Waals surface area (Å²) in [5, 5.41) is 0. The summed E-state index contributed by atoms with van der Waals surface area (Å²) < 4.78 is 14.3. The summed E-state index contributed by atoms with van der Waals surface area (Å²) in [6.45, 7) is 1.95. The summed E-state index contributed by atoms with van der Waals surface area (Å²) >= 11 is 3.21. The van der Waals surface area contributed by atoms with Crippen LogP contribution in [-0.4, -0.2) is 0 Å². The number of benzene rings is 1. The van der Waals surface area contributed by atoms with Crippen LogP contribution in [0.15, 0.2) is 16.6 Å². The molecular formula is C11H13BrFN. The van der Waals surface area contributed by atoms with Gasteiger partial charge in [-0.3, -0.25) is 0 Å². The summed E-state index contributed by atoms with van der Waals surface area (Å²) in [4.78, 5) is 0. The zero-order chi connectivity index (χ0) is 10.3. The smallest absolute Gasteiger partial charge is 0.142 e. The highest BCUT2D eigenvalue weighted by molar-refractivity contribution is 9.10. The SMILES string of the molecule is Cc1cc(Br)c(F)c(C2(N)CCC2)c1. The second kappa shape index (κ2) is 3.31. The van der Waals surface area contributed by atoms with Crippen molar-refractivity contribution in [3.05, 3.63) is 33.5 Å². The van der Waals surface area contributed by atoms with E-state index in [0.29, 0.717) is 10.0 Å². The molecule has 2 N–H and O–H groups in total. The molecule has 3 heteroatoms. The van der Waals surface area contributed by atoms with Crippen LogP contribution in [-0.2, 0) is 5.54 Å². The summed E-state index contributed by atoms with van der Waals surface area (Å²) in [6, 6.07) is 3.64. The van der Waals surface area contributed by atoms with E-state index in [-0.39, 0.29) is 5.82 Å². The van der Waals surface area contributed by atoms with Gasteiger partial charge in [0.2, 0.25) is 0 Å². The molecule has 1 aromatic carbocycles. The molecule has 0 atom stereocenters. The zero-order valence-electron chi connectivity index (χ0n) is 8.11. The van der Waals surface area contributed by atoms with E-state index in [0.717, 1.165) is 24.8 Å². The fourth-order valence-electron chi connectivity index (χ4n) is 1.91. The van der Waals surface area contributed by atoms with Gasteiger partial charge in [0.05, 0.1) is 4.47 Å². The molecule has 76 valence electrons. The Morgan fingerprint density at radius 1 is 1.43 bits per heavy atom.